The fraction of sp³-hybridized carbons (Fsp3) is 0.727. The van der Waals surface area contributed by atoms with Crippen LogP contribution in [0.1, 0.15) is 25.7 Å². The first-order valence-electron chi connectivity index (χ1n) is 6.30. The lowest BCUT2D eigenvalue weighted by molar-refractivity contribution is -0.128. The number of nitrogens with one attached hydrogen (secondary N) is 3. The van der Waals surface area contributed by atoms with E-state index in [4.69, 9.17) is 10.8 Å². The van der Waals surface area contributed by atoms with Crippen LogP contribution in [0.5, 0.6) is 0 Å². The molecule has 6 N–H and O–H groups in total. The van der Waals surface area contributed by atoms with Gasteiger partial charge < -0.3 is 26.8 Å². The third-order valence-electron chi connectivity index (χ3n) is 2.98. The van der Waals surface area contributed by atoms with E-state index in [1.54, 1.807) is 0 Å². The zero-order chi connectivity index (χ0) is 14.3. The smallest absolute Gasteiger partial charge is 0.404 e. The SMILES string of the molecule is NC(=O)C(CCCNC(=O)O)NC(=O)C1CCCN1. The summed E-state index contributed by atoms with van der Waals surface area (Å²) in [5, 5.41) is 16.2. The van der Waals surface area contributed by atoms with E-state index >= 15 is 0 Å². The van der Waals surface area contributed by atoms with Gasteiger partial charge in [0, 0.05) is 6.54 Å². The summed E-state index contributed by atoms with van der Waals surface area (Å²) in [6.07, 6.45) is 1.31. The van der Waals surface area contributed by atoms with Gasteiger partial charge in [0.2, 0.25) is 11.8 Å². The fourth-order valence-electron chi connectivity index (χ4n) is 1.97. The first kappa shape index (κ1) is 15.2. The van der Waals surface area contributed by atoms with Gasteiger partial charge in [0.25, 0.3) is 0 Å². The predicted molar refractivity (Wildman–Crippen MR) is 67.4 cm³/mol. The molecule has 0 aromatic carbocycles. The van der Waals surface area contributed by atoms with Gasteiger partial charge in [-0.1, -0.05) is 0 Å². The first-order chi connectivity index (χ1) is 9.00. The van der Waals surface area contributed by atoms with Crippen LogP contribution in [-0.4, -0.2) is 48.2 Å². The second-order valence-corrected chi connectivity index (χ2v) is 4.49. The minimum atomic E-state index is -1.12. The zero-order valence-electron chi connectivity index (χ0n) is 10.6. The number of hydrogen-bond donors (Lipinski definition) is 5. The number of carbonyl (C=O) groups is 3. The van der Waals surface area contributed by atoms with Crippen LogP contribution < -0.4 is 21.7 Å². The highest BCUT2D eigenvalue weighted by atomic mass is 16.4. The van der Waals surface area contributed by atoms with Gasteiger partial charge in [-0.25, -0.2) is 4.79 Å². The van der Waals surface area contributed by atoms with Crippen molar-refractivity contribution < 1.29 is 19.5 Å². The van der Waals surface area contributed by atoms with E-state index in [2.05, 4.69) is 16.0 Å². The second-order valence-electron chi connectivity index (χ2n) is 4.49. The lowest BCUT2D eigenvalue weighted by atomic mass is 10.1. The van der Waals surface area contributed by atoms with E-state index in [-0.39, 0.29) is 18.5 Å². The molecule has 3 amide bonds. The van der Waals surface area contributed by atoms with E-state index in [1.807, 2.05) is 0 Å². The van der Waals surface area contributed by atoms with E-state index in [0.29, 0.717) is 12.8 Å². The molecule has 1 fully saturated rings. The number of carboxylic acid groups (broad SMARTS) is 1. The minimum absolute atomic E-state index is 0.219. The molecule has 0 aliphatic carbocycles. The molecule has 1 aliphatic rings. The number of amides is 3. The van der Waals surface area contributed by atoms with Crippen LogP contribution in [0.25, 0.3) is 0 Å². The summed E-state index contributed by atoms with van der Waals surface area (Å²) < 4.78 is 0. The molecule has 0 saturated carbocycles. The van der Waals surface area contributed by atoms with Crippen LogP contribution in [0, 0.1) is 0 Å². The Morgan fingerprint density at radius 1 is 1.42 bits per heavy atom. The fourth-order valence-corrected chi connectivity index (χ4v) is 1.97. The summed E-state index contributed by atoms with van der Waals surface area (Å²) >= 11 is 0. The molecule has 0 radical (unpaired) electrons. The Morgan fingerprint density at radius 2 is 2.16 bits per heavy atom. The van der Waals surface area contributed by atoms with Crippen LogP contribution in [0.15, 0.2) is 0 Å². The summed E-state index contributed by atoms with van der Waals surface area (Å²) in [4.78, 5) is 33.3. The maximum Gasteiger partial charge on any atom is 0.404 e. The third kappa shape index (κ3) is 5.56. The molecular formula is C11H20N4O4. The summed E-state index contributed by atoms with van der Waals surface area (Å²) in [6, 6.07) is -1.02. The van der Waals surface area contributed by atoms with Crippen molar-refractivity contribution in [2.45, 2.75) is 37.8 Å². The second kappa shape index (κ2) is 7.57. The van der Waals surface area contributed by atoms with E-state index in [1.165, 1.54) is 0 Å². The van der Waals surface area contributed by atoms with Crippen molar-refractivity contribution >= 4 is 17.9 Å². The summed E-state index contributed by atoms with van der Waals surface area (Å²) in [5.41, 5.74) is 5.21. The molecule has 1 heterocycles. The Labute approximate surface area is 111 Å². The average Bonchev–Trinajstić information content (AvgIpc) is 2.85. The van der Waals surface area contributed by atoms with Gasteiger partial charge in [-0.15, -0.1) is 0 Å². The Bertz CT molecular complexity index is 342. The third-order valence-corrected chi connectivity index (χ3v) is 2.98. The Hall–Kier alpha value is -1.83. The molecule has 2 unspecified atom stereocenters. The van der Waals surface area contributed by atoms with Crippen molar-refractivity contribution in [1.29, 1.82) is 0 Å². The lowest BCUT2D eigenvalue weighted by Crippen LogP contribution is -2.50. The number of hydrogen-bond acceptors (Lipinski definition) is 4. The highest BCUT2D eigenvalue weighted by molar-refractivity contribution is 5.89. The van der Waals surface area contributed by atoms with Crippen molar-refractivity contribution in [3.05, 3.63) is 0 Å². The van der Waals surface area contributed by atoms with Gasteiger partial charge in [0.05, 0.1) is 6.04 Å². The number of primary amides is 1. The quantitative estimate of drug-likeness (QED) is 0.369. The highest BCUT2D eigenvalue weighted by Crippen LogP contribution is 2.06. The first-order valence-corrected chi connectivity index (χ1v) is 6.30. The molecule has 108 valence electrons. The number of carbonyl (C=O) groups excluding carboxylic acids is 2. The molecule has 0 bridgehead atoms. The molecule has 0 aromatic rings. The van der Waals surface area contributed by atoms with Crippen LogP contribution in [0.4, 0.5) is 4.79 Å². The molecule has 8 heteroatoms. The largest absolute Gasteiger partial charge is 0.465 e. The monoisotopic (exact) mass is 272 g/mol. The van der Waals surface area contributed by atoms with E-state index in [0.717, 1.165) is 19.4 Å². The Morgan fingerprint density at radius 3 is 2.68 bits per heavy atom. The van der Waals surface area contributed by atoms with Gasteiger partial charge in [0.1, 0.15) is 6.04 Å². The number of rotatable bonds is 7. The standard InChI is InChI=1S/C11H20N4O4/c12-9(16)7(3-1-6-14-11(18)19)15-10(17)8-4-2-5-13-8/h7-8,13-14H,1-6H2,(H2,12,16)(H,15,17)(H,18,19). The van der Waals surface area contributed by atoms with Crippen molar-refractivity contribution in [3.8, 4) is 0 Å². The van der Waals surface area contributed by atoms with Gasteiger partial charge in [-0.2, -0.15) is 0 Å². The van der Waals surface area contributed by atoms with Crippen molar-refractivity contribution in [2.75, 3.05) is 13.1 Å². The average molecular weight is 272 g/mol. The van der Waals surface area contributed by atoms with Gasteiger partial charge in [-0.3, -0.25) is 9.59 Å². The van der Waals surface area contributed by atoms with E-state index in [9.17, 15) is 14.4 Å². The molecule has 0 aromatic heterocycles. The summed E-state index contributed by atoms with van der Waals surface area (Å²) in [7, 11) is 0. The normalized spacial score (nSPS) is 19.7. The van der Waals surface area contributed by atoms with Gasteiger partial charge in [-0.05, 0) is 32.2 Å². The topological polar surface area (TPSA) is 134 Å². The van der Waals surface area contributed by atoms with Crippen LogP contribution in [0.3, 0.4) is 0 Å². The zero-order valence-corrected chi connectivity index (χ0v) is 10.6. The van der Waals surface area contributed by atoms with Crippen LogP contribution in [-0.2, 0) is 9.59 Å². The van der Waals surface area contributed by atoms with Gasteiger partial charge >= 0.3 is 6.09 Å². The molecule has 1 saturated heterocycles. The Kier molecular flexibility index (Phi) is 6.07. The number of nitrogens with two attached hydrogens (primary N) is 1. The highest BCUT2D eigenvalue weighted by Gasteiger charge is 2.25. The van der Waals surface area contributed by atoms with Gasteiger partial charge in [0.15, 0.2) is 0 Å². The molecule has 19 heavy (non-hydrogen) atoms. The van der Waals surface area contributed by atoms with Crippen molar-refractivity contribution in [2.24, 2.45) is 5.73 Å². The van der Waals surface area contributed by atoms with Crippen LogP contribution >= 0.6 is 0 Å². The maximum atomic E-state index is 11.8. The van der Waals surface area contributed by atoms with Crippen LogP contribution in [0.2, 0.25) is 0 Å². The molecule has 0 spiro atoms. The van der Waals surface area contributed by atoms with Crippen molar-refractivity contribution in [3.63, 3.8) is 0 Å². The minimum Gasteiger partial charge on any atom is -0.465 e. The summed E-state index contributed by atoms with van der Waals surface area (Å²) in [5.74, 6) is -0.839. The summed E-state index contributed by atoms with van der Waals surface area (Å²) in [6.45, 7) is 1.01. The maximum absolute atomic E-state index is 11.8. The van der Waals surface area contributed by atoms with Crippen molar-refractivity contribution in [1.82, 2.24) is 16.0 Å². The molecule has 1 rings (SSSR count). The Balaban J connectivity index is 2.33. The lowest BCUT2D eigenvalue weighted by Gasteiger charge is -2.18. The predicted octanol–water partition coefficient (Wildman–Crippen LogP) is -1.24. The molecule has 1 aliphatic heterocycles. The van der Waals surface area contributed by atoms with E-state index < -0.39 is 18.0 Å². The molecular weight excluding hydrogens is 252 g/mol. The molecule has 8 nitrogen and oxygen atoms in total. The molecule has 2 atom stereocenters.